The Morgan fingerprint density at radius 1 is 1.10 bits per heavy atom. The van der Waals surface area contributed by atoms with E-state index in [0.717, 1.165) is 32.1 Å². The van der Waals surface area contributed by atoms with Gasteiger partial charge >= 0.3 is 0 Å². The molecule has 0 radical (unpaired) electrons. The largest absolute Gasteiger partial charge is 0.393 e. The Morgan fingerprint density at radius 2 is 1.70 bits per heavy atom. The summed E-state index contributed by atoms with van der Waals surface area (Å²) in [4.78, 5) is 11.7. The SMILES string of the molecule is CC(=CCCC(C)O)CCCC(C)=CC(=O)CC(C)C. The van der Waals surface area contributed by atoms with Crippen molar-refractivity contribution in [3.63, 3.8) is 0 Å². The first-order valence-electron chi connectivity index (χ1n) is 7.85. The quantitative estimate of drug-likeness (QED) is 0.460. The van der Waals surface area contributed by atoms with Crippen molar-refractivity contribution < 1.29 is 9.90 Å². The van der Waals surface area contributed by atoms with Crippen molar-refractivity contribution in [3.05, 3.63) is 23.3 Å². The maximum Gasteiger partial charge on any atom is 0.155 e. The smallest absolute Gasteiger partial charge is 0.155 e. The zero-order chi connectivity index (χ0) is 15.5. The number of carbonyl (C=O) groups is 1. The summed E-state index contributed by atoms with van der Waals surface area (Å²) in [6.07, 6.45) is 9.41. The zero-order valence-electron chi connectivity index (χ0n) is 13.9. The molecule has 2 nitrogen and oxygen atoms in total. The average Bonchev–Trinajstić information content (AvgIpc) is 2.26. The molecule has 0 heterocycles. The first-order chi connectivity index (χ1) is 9.31. The Labute approximate surface area is 125 Å². The summed E-state index contributed by atoms with van der Waals surface area (Å²) in [6.45, 7) is 10.2. The van der Waals surface area contributed by atoms with E-state index in [1.807, 2.05) is 19.9 Å². The van der Waals surface area contributed by atoms with Gasteiger partial charge < -0.3 is 5.11 Å². The second-order valence-corrected chi connectivity index (χ2v) is 6.39. The van der Waals surface area contributed by atoms with E-state index in [-0.39, 0.29) is 11.9 Å². The molecule has 0 spiro atoms. The molecular formula is C18H32O2. The molecule has 0 aliphatic carbocycles. The molecule has 0 aliphatic heterocycles. The molecule has 0 rings (SSSR count). The van der Waals surface area contributed by atoms with Crippen LogP contribution in [0, 0.1) is 5.92 Å². The van der Waals surface area contributed by atoms with E-state index in [1.165, 1.54) is 11.1 Å². The van der Waals surface area contributed by atoms with Gasteiger partial charge in [0, 0.05) is 6.42 Å². The highest BCUT2D eigenvalue weighted by Gasteiger charge is 2.02. The second kappa shape index (κ2) is 10.8. The van der Waals surface area contributed by atoms with Crippen LogP contribution in [-0.4, -0.2) is 17.0 Å². The number of carbonyl (C=O) groups excluding carboxylic acids is 1. The van der Waals surface area contributed by atoms with Gasteiger partial charge in [-0.3, -0.25) is 4.79 Å². The Morgan fingerprint density at radius 3 is 2.25 bits per heavy atom. The van der Waals surface area contributed by atoms with E-state index in [0.29, 0.717) is 12.3 Å². The van der Waals surface area contributed by atoms with Gasteiger partial charge in [0.2, 0.25) is 0 Å². The number of allylic oxidation sites excluding steroid dienone is 4. The Bertz CT molecular complexity index is 335. The van der Waals surface area contributed by atoms with E-state index in [9.17, 15) is 9.90 Å². The molecule has 2 heteroatoms. The van der Waals surface area contributed by atoms with Gasteiger partial charge in [0.15, 0.2) is 5.78 Å². The minimum absolute atomic E-state index is 0.212. The molecule has 1 unspecified atom stereocenters. The molecule has 0 aromatic carbocycles. The lowest BCUT2D eigenvalue weighted by atomic mass is 10.0. The lowest BCUT2D eigenvalue weighted by molar-refractivity contribution is -0.115. The molecule has 0 bridgehead atoms. The highest BCUT2D eigenvalue weighted by atomic mass is 16.3. The summed E-state index contributed by atoms with van der Waals surface area (Å²) in [6, 6.07) is 0. The van der Waals surface area contributed by atoms with E-state index in [2.05, 4.69) is 26.8 Å². The third-order valence-corrected chi connectivity index (χ3v) is 3.24. The second-order valence-electron chi connectivity index (χ2n) is 6.39. The molecule has 116 valence electrons. The highest BCUT2D eigenvalue weighted by molar-refractivity contribution is 5.90. The van der Waals surface area contributed by atoms with Gasteiger partial charge in [-0.15, -0.1) is 0 Å². The number of hydrogen-bond acceptors (Lipinski definition) is 2. The maximum atomic E-state index is 11.7. The minimum Gasteiger partial charge on any atom is -0.393 e. The van der Waals surface area contributed by atoms with Gasteiger partial charge in [0.1, 0.15) is 0 Å². The number of ketones is 1. The molecule has 0 saturated carbocycles. The maximum absolute atomic E-state index is 11.7. The van der Waals surface area contributed by atoms with Crippen LogP contribution in [0.2, 0.25) is 0 Å². The lowest BCUT2D eigenvalue weighted by Crippen LogP contribution is -1.99. The summed E-state index contributed by atoms with van der Waals surface area (Å²) in [5, 5.41) is 9.19. The van der Waals surface area contributed by atoms with Crippen molar-refractivity contribution in [2.45, 2.75) is 79.2 Å². The average molecular weight is 280 g/mol. The van der Waals surface area contributed by atoms with E-state index < -0.39 is 0 Å². The van der Waals surface area contributed by atoms with Gasteiger partial charge in [-0.1, -0.05) is 31.1 Å². The van der Waals surface area contributed by atoms with Crippen molar-refractivity contribution in [1.29, 1.82) is 0 Å². The molecule has 1 atom stereocenters. The van der Waals surface area contributed by atoms with Crippen LogP contribution < -0.4 is 0 Å². The van der Waals surface area contributed by atoms with Crippen LogP contribution >= 0.6 is 0 Å². The van der Waals surface area contributed by atoms with Crippen LogP contribution in [0.25, 0.3) is 0 Å². The third kappa shape index (κ3) is 12.2. The van der Waals surface area contributed by atoms with Gasteiger partial charge in [-0.25, -0.2) is 0 Å². The highest BCUT2D eigenvalue weighted by Crippen LogP contribution is 2.14. The number of rotatable bonds is 10. The fraction of sp³-hybridized carbons (Fsp3) is 0.722. The van der Waals surface area contributed by atoms with Crippen LogP contribution in [0.3, 0.4) is 0 Å². The van der Waals surface area contributed by atoms with E-state index >= 15 is 0 Å². The molecule has 0 aromatic rings. The van der Waals surface area contributed by atoms with Gasteiger partial charge in [0.25, 0.3) is 0 Å². The fourth-order valence-electron chi connectivity index (χ4n) is 2.13. The zero-order valence-corrected chi connectivity index (χ0v) is 13.9. The van der Waals surface area contributed by atoms with Crippen molar-refractivity contribution in [2.24, 2.45) is 5.92 Å². The van der Waals surface area contributed by atoms with Crippen LogP contribution in [0.4, 0.5) is 0 Å². The topological polar surface area (TPSA) is 37.3 Å². The van der Waals surface area contributed by atoms with Crippen molar-refractivity contribution in [3.8, 4) is 0 Å². The molecule has 0 fully saturated rings. The predicted molar refractivity (Wildman–Crippen MR) is 86.7 cm³/mol. The molecule has 0 amide bonds. The Hall–Kier alpha value is -0.890. The summed E-state index contributed by atoms with van der Waals surface area (Å²) in [7, 11) is 0. The number of aliphatic hydroxyl groups excluding tert-OH is 1. The van der Waals surface area contributed by atoms with Crippen LogP contribution in [0.5, 0.6) is 0 Å². The standard InChI is InChI=1S/C18H32O2/c1-14(2)12-18(20)13-16(4)10-6-8-15(3)9-7-11-17(5)19/h9,13-14,17,19H,6-8,10-12H2,1-5H3. The van der Waals surface area contributed by atoms with Gasteiger partial charge in [-0.05, 0) is 64.9 Å². The first-order valence-corrected chi connectivity index (χ1v) is 7.85. The summed E-state index contributed by atoms with van der Waals surface area (Å²) < 4.78 is 0. The summed E-state index contributed by atoms with van der Waals surface area (Å²) >= 11 is 0. The van der Waals surface area contributed by atoms with Gasteiger partial charge in [-0.2, -0.15) is 0 Å². The summed E-state index contributed by atoms with van der Waals surface area (Å²) in [5.74, 6) is 0.687. The van der Waals surface area contributed by atoms with E-state index in [4.69, 9.17) is 0 Å². The molecule has 0 aliphatic rings. The monoisotopic (exact) mass is 280 g/mol. The van der Waals surface area contributed by atoms with Crippen LogP contribution in [0.15, 0.2) is 23.3 Å². The van der Waals surface area contributed by atoms with Crippen LogP contribution in [-0.2, 0) is 4.79 Å². The molecule has 20 heavy (non-hydrogen) atoms. The number of hydrogen-bond donors (Lipinski definition) is 1. The fourth-order valence-corrected chi connectivity index (χ4v) is 2.13. The number of aliphatic hydroxyl groups is 1. The van der Waals surface area contributed by atoms with Crippen LogP contribution in [0.1, 0.15) is 73.1 Å². The summed E-state index contributed by atoms with van der Waals surface area (Å²) in [5.41, 5.74) is 2.57. The van der Waals surface area contributed by atoms with Crippen molar-refractivity contribution in [2.75, 3.05) is 0 Å². The third-order valence-electron chi connectivity index (χ3n) is 3.24. The minimum atomic E-state index is -0.212. The molecule has 1 N–H and O–H groups in total. The molecule has 0 saturated heterocycles. The normalized spacial score (nSPS) is 14.8. The molecule has 0 aromatic heterocycles. The predicted octanol–water partition coefficient (Wildman–Crippen LogP) is 4.83. The molecular weight excluding hydrogens is 248 g/mol. The van der Waals surface area contributed by atoms with Gasteiger partial charge in [0.05, 0.1) is 6.10 Å². The lowest BCUT2D eigenvalue weighted by Gasteiger charge is -2.05. The first kappa shape index (κ1) is 19.1. The van der Waals surface area contributed by atoms with E-state index in [1.54, 1.807) is 0 Å². The Kier molecular flexibility index (Phi) is 10.4. The Balaban J connectivity index is 3.93. The van der Waals surface area contributed by atoms with Crippen molar-refractivity contribution in [1.82, 2.24) is 0 Å². The van der Waals surface area contributed by atoms with Crippen molar-refractivity contribution >= 4 is 5.78 Å².